The minimum Gasteiger partial charge on any atom is -0.484 e. The minimum absolute atomic E-state index is 0.190. The Hall–Kier alpha value is -4.14. The maximum Gasteiger partial charge on any atom is 0.263 e. The van der Waals surface area contributed by atoms with Gasteiger partial charge in [0.2, 0.25) is 5.95 Å². The number of rotatable bonds is 8. The molecule has 2 N–H and O–H groups in total. The van der Waals surface area contributed by atoms with Crippen molar-refractivity contribution in [3.63, 3.8) is 0 Å². The summed E-state index contributed by atoms with van der Waals surface area (Å²) in [4.78, 5) is 31.9. The van der Waals surface area contributed by atoms with Crippen LogP contribution in [0.25, 0.3) is 17.4 Å². The zero-order valence-corrected chi connectivity index (χ0v) is 17.8. The van der Waals surface area contributed by atoms with E-state index in [1.165, 1.54) is 17.0 Å². The first-order valence-electron chi connectivity index (χ1n) is 10.3. The van der Waals surface area contributed by atoms with E-state index in [2.05, 4.69) is 20.4 Å². The molecule has 0 saturated heterocycles. The summed E-state index contributed by atoms with van der Waals surface area (Å²) in [5, 5.41) is 7.26. The summed E-state index contributed by atoms with van der Waals surface area (Å²) in [7, 11) is 0. The van der Waals surface area contributed by atoms with E-state index in [1.807, 2.05) is 26.0 Å². The average Bonchev–Trinajstić information content (AvgIpc) is 3.43. The van der Waals surface area contributed by atoms with Gasteiger partial charge in [0.1, 0.15) is 17.3 Å². The number of aromatic nitrogens is 4. The first kappa shape index (κ1) is 21.1. The molecule has 1 aromatic carbocycles. The Kier molecular flexibility index (Phi) is 6.16. The third kappa shape index (κ3) is 4.94. The van der Waals surface area contributed by atoms with E-state index < -0.39 is 0 Å². The fourth-order valence-corrected chi connectivity index (χ4v) is 3.12. The van der Waals surface area contributed by atoms with Crippen molar-refractivity contribution in [3.8, 4) is 23.2 Å². The van der Waals surface area contributed by atoms with Crippen molar-refractivity contribution in [1.82, 2.24) is 19.7 Å². The number of ether oxygens (including phenoxy) is 1. The molecule has 0 atom stereocenters. The van der Waals surface area contributed by atoms with E-state index in [0.29, 0.717) is 35.1 Å². The van der Waals surface area contributed by atoms with Gasteiger partial charge in [0.15, 0.2) is 12.4 Å². The van der Waals surface area contributed by atoms with Gasteiger partial charge in [-0.3, -0.25) is 14.6 Å². The summed E-state index contributed by atoms with van der Waals surface area (Å²) >= 11 is 0. The van der Waals surface area contributed by atoms with E-state index in [4.69, 9.17) is 9.15 Å². The van der Waals surface area contributed by atoms with Gasteiger partial charge in [-0.05, 0) is 37.6 Å². The molecule has 3 heterocycles. The molecule has 9 heteroatoms. The molecule has 9 nitrogen and oxygen atoms in total. The number of carbonyl (C=O) groups excluding carboxylic acids is 1. The van der Waals surface area contributed by atoms with Crippen LogP contribution >= 0.6 is 0 Å². The third-order valence-electron chi connectivity index (χ3n) is 4.63. The van der Waals surface area contributed by atoms with E-state index in [0.717, 1.165) is 12.0 Å². The van der Waals surface area contributed by atoms with Gasteiger partial charge in [0.05, 0.1) is 6.26 Å². The average molecular weight is 433 g/mol. The molecule has 0 bridgehead atoms. The highest BCUT2D eigenvalue weighted by Crippen LogP contribution is 2.24. The first-order chi connectivity index (χ1) is 15.5. The number of H-pyrrole nitrogens is 1. The van der Waals surface area contributed by atoms with E-state index in [1.54, 1.807) is 30.3 Å². The molecule has 0 radical (unpaired) electrons. The standard InChI is InChI=1S/C23H23N5O4/c1-3-5-16-12-21(29)26-23(24-16)28-20(13-18(27-28)19-6-4-11-31-19)25-22(30)14-32-17-9-7-15(2)8-10-17/h4,6-13H,3,5,14H2,1-2H3,(H,25,30)(H,24,26,29). The highest BCUT2D eigenvalue weighted by Gasteiger charge is 2.17. The Morgan fingerprint density at radius 3 is 2.75 bits per heavy atom. The Labute approximate surface area is 184 Å². The van der Waals surface area contributed by atoms with Gasteiger partial charge in [-0.25, -0.2) is 4.98 Å². The highest BCUT2D eigenvalue weighted by molar-refractivity contribution is 5.91. The lowest BCUT2D eigenvalue weighted by atomic mass is 10.2. The number of hydrogen-bond acceptors (Lipinski definition) is 6. The molecule has 1 amide bonds. The lowest BCUT2D eigenvalue weighted by Gasteiger charge is -2.10. The van der Waals surface area contributed by atoms with Crippen LogP contribution < -0.4 is 15.6 Å². The van der Waals surface area contributed by atoms with Crippen LogP contribution in [0.2, 0.25) is 0 Å². The van der Waals surface area contributed by atoms with Gasteiger partial charge < -0.3 is 14.5 Å². The molecule has 0 saturated carbocycles. The largest absolute Gasteiger partial charge is 0.484 e. The highest BCUT2D eigenvalue weighted by atomic mass is 16.5. The number of nitrogens with one attached hydrogen (secondary N) is 2. The summed E-state index contributed by atoms with van der Waals surface area (Å²) < 4.78 is 12.4. The minimum atomic E-state index is -0.384. The second-order valence-electron chi connectivity index (χ2n) is 7.26. The molecule has 0 aliphatic heterocycles. The first-order valence-corrected chi connectivity index (χ1v) is 10.3. The summed E-state index contributed by atoms with van der Waals surface area (Å²) in [6.07, 6.45) is 3.02. The van der Waals surface area contributed by atoms with Crippen molar-refractivity contribution in [3.05, 3.63) is 76.4 Å². The second kappa shape index (κ2) is 9.34. The molecule has 0 aliphatic carbocycles. The van der Waals surface area contributed by atoms with Crippen LogP contribution in [0.3, 0.4) is 0 Å². The molecule has 164 valence electrons. The quantitative estimate of drug-likeness (QED) is 0.440. The topological polar surface area (TPSA) is 115 Å². The van der Waals surface area contributed by atoms with Crippen LogP contribution in [0.4, 0.5) is 5.82 Å². The van der Waals surface area contributed by atoms with Crippen LogP contribution in [-0.4, -0.2) is 32.3 Å². The lowest BCUT2D eigenvalue weighted by Crippen LogP contribution is -2.23. The lowest BCUT2D eigenvalue weighted by molar-refractivity contribution is -0.118. The monoisotopic (exact) mass is 433 g/mol. The maximum absolute atomic E-state index is 12.6. The van der Waals surface area contributed by atoms with E-state index >= 15 is 0 Å². The number of furan rings is 1. The number of aryl methyl sites for hydroxylation is 2. The van der Waals surface area contributed by atoms with Gasteiger partial charge >= 0.3 is 0 Å². The van der Waals surface area contributed by atoms with Gasteiger partial charge in [-0.15, -0.1) is 0 Å². The van der Waals surface area contributed by atoms with Gasteiger partial charge in [-0.2, -0.15) is 9.78 Å². The van der Waals surface area contributed by atoms with Crippen molar-refractivity contribution in [2.24, 2.45) is 0 Å². The molecule has 3 aromatic heterocycles. The summed E-state index contributed by atoms with van der Waals surface area (Å²) in [5.74, 6) is 1.25. The molecule has 0 spiro atoms. The normalized spacial score (nSPS) is 10.8. The van der Waals surface area contributed by atoms with Crippen LogP contribution in [0.1, 0.15) is 24.6 Å². The van der Waals surface area contributed by atoms with Crippen molar-refractivity contribution >= 4 is 11.7 Å². The number of nitrogens with zero attached hydrogens (tertiary/aromatic N) is 3. The van der Waals surface area contributed by atoms with Crippen molar-refractivity contribution in [2.75, 3.05) is 11.9 Å². The summed E-state index contributed by atoms with van der Waals surface area (Å²) in [5.41, 5.74) is 1.92. The van der Waals surface area contributed by atoms with Crippen molar-refractivity contribution < 1.29 is 13.9 Å². The zero-order chi connectivity index (χ0) is 22.5. The Morgan fingerprint density at radius 1 is 1.22 bits per heavy atom. The number of carbonyl (C=O) groups is 1. The Balaban J connectivity index is 1.61. The van der Waals surface area contributed by atoms with Crippen LogP contribution in [0.15, 0.2) is 64.0 Å². The number of anilines is 1. The van der Waals surface area contributed by atoms with Gasteiger partial charge in [-0.1, -0.05) is 31.0 Å². The van der Waals surface area contributed by atoms with Gasteiger partial charge in [0, 0.05) is 17.8 Å². The number of amides is 1. The third-order valence-corrected chi connectivity index (χ3v) is 4.63. The van der Waals surface area contributed by atoms with Crippen LogP contribution in [-0.2, 0) is 11.2 Å². The smallest absolute Gasteiger partial charge is 0.263 e. The van der Waals surface area contributed by atoms with Crippen LogP contribution in [0, 0.1) is 6.92 Å². The van der Waals surface area contributed by atoms with Crippen molar-refractivity contribution in [2.45, 2.75) is 26.7 Å². The second-order valence-corrected chi connectivity index (χ2v) is 7.26. The molecule has 0 unspecified atom stereocenters. The summed E-state index contributed by atoms with van der Waals surface area (Å²) in [6, 6.07) is 14.0. The predicted molar refractivity (Wildman–Crippen MR) is 119 cm³/mol. The molecular formula is C23H23N5O4. The fourth-order valence-electron chi connectivity index (χ4n) is 3.12. The number of hydrogen-bond donors (Lipinski definition) is 2. The predicted octanol–water partition coefficient (Wildman–Crippen LogP) is 3.49. The SMILES string of the molecule is CCCc1cc(=O)[nH]c(-n2nc(-c3ccco3)cc2NC(=O)COc2ccc(C)cc2)n1. The number of aromatic amines is 1. The van der Waals surface area contributed by atoms with E-state index in [-0.39, 0.29) is 24.0 Å². The fraction of sp³-hybridized carbons (Fsp3) is 0.217. The van der Waals surface area contributed by atoms with E-state index in [9.17, 15) is 9.59 Å². The Morgan fingerprint density at radius 2 is 2.03 bits per heavy atom. The molecule has 4 aromatic rings. The number of benzene rings is 1. The maximum atomic E-state index is 12.6. The molecule has 0 aliphatic rings. The molecule has 4 rings (SSSR count). The Bertz CT molecular complexity index is 1260. The molecule has 0 fully saturated rings. The van der Waals surface area contributed by atoms with Gasteiger partial charge in [0.25, 0.3) is 11.5 Å². The van der Waals surface area contributed by atoms with Crippen molar-refractivity contribution in [1.29, 1.82) is 0 Å². The van der Waals surface area contributed by atoms with Crippen LogP contribution in [0.5, 0.6) is 5.75 Å². The summed E-state index contributed by atoms with van der Waals surface area (Å²) in [6.45, 7) is 3.79. The molecule has 32 heavy (non-hydrogen) atoms. The zero-order valence-electron chi connectivity index (χ0n) is 17.8. The molecular weight excluding hydrogens is 410 g/mol.